The predicted molar refractivity (Wildman–Crippen MR) is 143 cm³/mol. The fourth-order valence-electron chi connectivity index (χ4n) is 4.51. The lowest BCUT2D eigenvalue weighted by Crippen LogP contribution is -2.23. The lowest BCUT2D eigenvalue weighted by molar-refractivity contribution is 0.0950. The van der Waals surface area contributed by atoms with Gasteiger partial charge in [0.2, 0.25) is 0 Å². The fraction of sp³-hybridized carbons (Fsp3) is 0.357. The summed E-state index contributed by atoms with van der Waals surface area (Å²) in [4.78, 5) is 17.3. The van der Waals surface area contributed by atoms with E-state index in [0.717, 1.165) is 53.8 Å². The molecule has 4 aromatic rings. The number of nitrogens with two attached hydrogens (primary N) is 1. The van der Waals surface area contributed by atoms with Gasteiger partial charge in [-0.3, -0.25) is 14.2 Å². The first-order chi connectivity index (χ1) is 18.5. The first-order valence-corrected chi connectivity index (χ1v) is 13.0. The number of aryl methyl sites for hydroxylation is 1. The molecular weight excluding hydrogens is 482 g/mol. The summed E-state index contributed by atoms with van der Waals surface area (Å²) in [5.41, 5.74) is 10.1. The van der Waals surface area contributed by atoms with E-state index in [-0.39, 0.29) is 12.5 Å². The summed E-state index contributed by atoms with van der Waals surface area (Å²) in [5.74, 6) is 1.67. The zero-order chi connectivity index (χ0) is 26.3. The number of pyridine rings is 1. The lowest BCUT2D eigenvalue weighted by Gasteiger charge is -2.15. The number of amides is 1. The minimum absolute atomic E-state index is 0.220. The first-order valence-electron chi connectivity index (χ1n) is 13.0. The maximum absolute atomic E-state index is 12.9. The molecule has 0 radical (unpaired) electrons. The number of carbonyl (C=O) groups is 1. The fourth-order valence-corrected chi connectivity index (χ4v) is 4.51. The average Bonchev–Trinajstić information content (AvgIpc) is 3.58. The van der Waals surface area contributed by atoms with Gasteiger partial charge in [0.25, 0.3) is 5.91 Å². The molecule has 38 heavy (non-hydrogen) atoms. The molecule has 0 saturated heterocycles. The van der Waals surface area contributed by atoms with Crippen LogP contribution in [0, 0.1) is 6.92 Å². The van der Waals surface area contributed by atoms with Crippen LogP contribution in [0.4, 0.5) is 5.82 Å². The summed E-state index contributed by atoms with van der Waals surface area (Å²) in [6, 6.07) is 9.85. The Kier molecular flexibility index (Phi) is 7.86. The molecule has 0 aliphatic carbocycles. The Morgan fingerprint density at radius 1 is 1.05 bits per heavy atom. The molecule has 1 aliphatic rings. The molecule has 3 N–H and O–H groups in total. The highest BCUT2D eigenvalue weighted by molar-refractivity contribution is 5.93. The van der Waals surface area contributed by atoms with E-state index in [1.165, 1.54) is 0 Å². The summed E-state index contributed by atoms with van der Waals surface area (Å²) in [7, 11) is 0. The molecule has 1 amide bonds. The smallest absolute Gasteiger partial charge is 0.254 e. The molecule has 10 nitrogen and oxygen atoms in total. The highest BCUT2D eigenvalue weighted by Gasteiger charge is 2.15. The summed E-state index contributed by atoms with van der Waals surface area (Å²) in [5, 5.41) is 11.7. The van der Waals surface area contributed by atoms with Crippen molar-refractivity contribution in [3.05, 3.63) is 83.1 Å². The Hall–Kier alpha value is -4.34. The number of aromatic nitrogens is 5. The summed E-state index contributed by atoms with van der Waals surface area (Å²) in [6.07, 6.45) is 11.0. The molecule has 3 aromatic heterocycles. The largest absolute Gasteiger partial charge is 0.493 e. The highest BCUT2D eigenvalue weighted by Crippen LogP contribution is 2.25. The van der Waals surface area contributed by atoms with Crippen molar-refractivity contribution in [2.75, 3.05) is 18.9 Å². The number of nitrogen functional groups attached to an aromatic ring is 1. The highest BCUT2D eigenvalue weighted by atomic mass is 16.5. The topological polar surface area (TPSA) is 122 Å². The van der Waals surface area contributed by atoms with E-state index in [1.807, 2.05) is 23.9 Å². The van der Waals surface area contributed by atoms with E-state index < -0.39 is 0 Å². The summed E-state index contributed by atoms with van der Waals surface area (Å²) < 4.78 is 15.9. The molecule has 4 heterocycles. The second-order valence-corrected chi connectivity index (χ2v) is 9.48. The molecule has 1 aromatic carbocycles. The van der Waals surface area contributed by atoms with Crippen molar-refractivity contribution >= 4 is 11.7 Å². The number of nitrogens with one attached hydrogen (secondary N) is 1. The van der Waals surface area contributed by atoms with Crippen molar-refractivity contribution in [1.29, 1.82) is 0 Å². The van der Waals surface area contributed by atoms with Crippen LogP contribution in [0.25, 0.3) is 0 Å². The molecular formula is C28H33N7O3. The normalized spacial score (nSPS) is 15.0. The number of rotatable bonds is 2. The average molecular weight is 516 g/mol. The first kappa shape index (κ1) is 25.3. The molecule has 0 atom stereocenters. The molecule has 0 spiro atoms. The third-order valence-corrected chi connectivity index (χ3v) is 6.55. The van der Waals surface area contributed by atoms with Gasteiger partial charge in [0.15, 0.2) is 0 Å². The number of fused-ring (bicyclic) bond motifs is 4. The Labute approximate surface area is 221 Å². The van der Waals surface area contributed by atoms with Crippen molar-refractivity contribution in [3.8, 4) is 11.5 Å². The number of hydrogen-bond acceptors (Lipinski definition) is 7. The van der Waals surface area contributed by atoms with Crippen molar-refractivity contribution in [2.45, 2.75) is 52.2 Å². The number of nitrogens with zero attached hydrogens (tertiary/aromatic N) is 5. The number of ether oxygens (including phenoxy) is 2. The lowest BCUT2D eigenvalue weighted by atomic mass is 10.1. The second kappa shape index (κ2) is 11.8. The third kappa shape index (κ3) is 6.31. The van der Waals surface area contributed by atoms with Gasteiger partial charge >= 0.3 is 0 Å². The standard InChI is InChI=1S/C28H33N7O3/c1-20-24-16-30-28(36)23-15-32-35(19-23)18-22-8-7-21(17-34-10-6-9-31-34)13-25(22)37-11-4-2-3-5-12-38-26(24)14-27(29)33-20/h6-10,13-15,19H,2-5,11-12,16-18H2,1H3,(H2,29,33)(H,30,36). The molecule has 0 fully saturated rings. The Bertz CT molecular complexity index is 1380. The molecule has 5 rings (SSSR count). The number of hydrogen-bond donors (Lipinski definition) is 2. The van der Waals surface area contributed by atoms with Crippen molar-refractivity contribution in [1.82, 2.24) is 29.9 Å². The minimum Gasteiger partial charge on any atom is -0.493 e. The molecule has 2 bridgehead atoms. The van der Waals surface area contributed by atoms with E-state index >= 15 is 0 Å². The third-order valence-electron chi connectivity index (χ3n) is 6.55. The molecule has 0 unspecified atom stereocenters. The molecule has 10 heteroatoms. The monoisotopic (exact) mass is 515 g/mol. The van der Waals surface area contributed by atoms with E-state index in [9.17, 15) is 4.79 Å². The van der Waals surface area contributed by atoms with Crippen LogP contribution < -0.4 is 20.5 Å². The van der Waals surface area contributed by atoms with Crippen LogP contribution in [0.5, 0.6) is 11.5 Å². The van der Waals surface area contributed by atoms with Crippen molar-refractivity contribution in [2.24, 2.45) is 0 Å². The summed E-state index contributed by atoms with van der Waals surface area (Å²) >= 11 is 0. The van der Waals surface area contributed by atoms with Crippen LogP contribution in [-0.2, 0) is 19.6 Å². The van der Waals surface area contributed by atoms with Gasteiger partial charge in [-0.2, -0.15) is 10.2 Å². The maximum Gasteiger partial charge on any atom is 0.254 e. The quantitative estimate of drug-likeness (QED) is 0.417. The molecule has 1 aliphatic heterocycles. The zero-order valence-corrected chi connectivity index (χ0v) is 21.6. The Morgan fingerprint density at radius 2 is 1.87 bits per heavy atom. The van der Waals surface area contributed by atoms with Crippen LogP contribution in [0.1, 0.15) is 58.4 Å². The van der Waals surface area contributed by atoms with E-state index in [0.29, 0.717) is 43.4 Å². The van der Waals surface area contributed by atoms with Crippen LogP contribution in [0.15, 0.2) is 55.1 Å². The van der Waals surface area contributed by atoms with Gasteiger partial charge in [-0.1, -0.05) is 12.1 Å². The van der Waals surface area contributed by atoms with Gasteiger partial charge in [-0.15, -0.1) is 0 Å². The zero-order valence-electron chi connectivity index (χ0n) is 21.6. The number of anilines is 1. The SMILES string of the molecule is Cc1nc(N)cc2c1CNC(=O)c1cnn(c1)Cc1ccc(Cn3cccn3)cc1OCCCCCCO2. The van der Waals surface area contributed by atoms with Crippen LogP contribution in [0.3, 0.4) is 0 Å². The van der Waals surface area contributed by atoms with E-state index in [1.54, 1.807) is 29.3 Å². The van der Waals surface area contributed by atoms with Crippen molar-refractivity contribution in [3.63, 3.8) is 0 Å². The van der Waals surface area contributed by atoms with Gasteiger partial charge in [0.1, 0.15) is 17.3 Å². The maximum atomic E-state index is 12.9. The Balaban J connectivity index is 1.37. The second-order valence-electron chi connectivity index (χ2n) is 9.48. The Morgan fingerprint density at radius 3 is 2.66 bits per heavy atom. The van der Waals surface area contributed by atoms with E-state index in [2.05, 4.69) is 38.7 Å². The van der Waals surface area contributed by atoms with Crippen LogP contribution in [0.2, 0.25) is 0 Å². The number of benzene rings is 1. The predicted octanol–water partition coefficient (Wildman–Crippen LogP) is 3.72. The number of carbonyl (C=O) groups excluding carboxylic acids is 1. The molecule has 0 saturated carbocycles. The van der Waals surface area contributed by atoms with Crippen molar-refractivity contribution < 1.29 is 14.3 Å². The summed E-state index contributed by atoms with van der Waals surface area (Å²) in [6.45, 7) is 4.50. The minimum atomic E-state index is -0.220. The van der Waals surface area contributed by atoms with Crippen LogP contribution >= 0.6 is 0 Å². The van der Waals surface area contributed by atoms with Gasteiger partial charge in [0.05, 0.1) is 38.1 Å². The molecule has 198 valence electrons. The van der Waals surface area contributed by atoms with Gasteiger partial charge < -0.3 is 20.5 Å². The van der Waals surface area contributed by atoms with Gasteiger partial charge in [-0.25, -0.2) is 4.98 Å². The van der Waals surface area contributed by atoms with Crippen LogP contribution in [-0.4, -0.2) is 43.7 Å². The van der Waals surface area contributed by atoms with Gasteiger partial charge in [-0.05, 0) is 50.3 Å². The van der Waals surface area contributed by atoms with E-state index in [4.69, 9.17) is 15.2 Å². The van der Waals surface area contributed by atoms with Gasteiger partial charge in [0, 0.05) is 48.0 Å².